The maximum absolute atomic E-state index is 12.3. The number of amides is 1. The Morgan fingerprint density at radius 2 is 2.24 bits per heavy atom. The molecule has 0 radical (unpaired) electrons. The van der Waals surface area contributed by atoms with Crippen LogP contribution >= 0.6 is 36.2 Å². The van der Waals surface area contributed by atoms with Crippen molar-refractivity contribution in [3.63, 3.8) is 0 Å². The Morgan fingerprint density at radius 3 is 3.00 bits per heavy atom. The van der Waals surface area contributed by atoms with Crippen LogP contribution in [0.25, 0.3) is 10.2 Å². The Kier molecular flexibility index (Phi) is 6.87. The second-order valence-corrected chi connectivity index (χ2v) is 5.97. The number of carbonyl (C=O) groups excluding carboxylic acids is 1. The molecule has 2 unspecified atom stereocenters. The van der Waals surface area contributed by atoms with Gasteiger partial charge in [0.1, 0.15) is 0 Å². The van der Waals surface area contributed by atoms with E-state index >= 15 is 0 Å². The summed E-state index contributed by atoms with van der Waals surface area (Å²) in [6.07, 6.45) is 0.996. The summed E-state index contributed by atoms with van der Waals surface area (Å²) < 4.78 is 1.06. The summed E-state index contributed by atoms with van der Waals surface area (Å²) in [5.74, 6) is 0.499. The van der Waals surface area contributed by atoms with Gasteiger partial charge >= 0.3 is 0 Å². The van der Waals surface area contributed by atoms with Crippen molar-refractivity contribution in [2.75, 3.05) is 13.1 Å². The quantitative estimate of drug-likeness (QED) is 0.878. The molecule has 1 aromatic heterocycles. The van der Waals surface area contributed by atoms with E-state index < -0.39 is 0 Å². The first-order valence-electron chi connectivity index (χ1n) is 6.59. The minimum atomic E-state index is 0. The summed E-state index contributed by atoms with van der Waals surface area (Å²) in [5, 5.41) is 6.49. The minimum absolute atomic E-state index is 0. The number of piperidine rings is 1. The molecule has 3 rings (SSSR count). The second kappa shape index (κ2) is 7.94. The van der Waals surface area contributed by atoms with Crippen LogP contribution in [-0.2, 0) is 0 Å². The van der Waals surface area contributed by atoms with Gasteiger partial charge in [-0.2, -0.15) is 0 Å². The highest BCUT2D eigenvalue weighted by Crippen LogP contribution is 2.19. The summed E-state index contributed by atoms with van der Waals surface area (Å²) in [4.78, 5) is 16.5. The third kappa shape index (κ3) is 4.07. The molecule has 1 fully saturated rings. The van der Waals surface area contributed by atoms with Gasteiger partial charge in [0.05, 0.1) is 15.7 Å². The fourth-order valence-electron chi connectivity index (χ4n) is 2.48. The smallest absolute Gasteiger partial charge is 0.251 e. The van der Waals surface area contributed by atoms with Crippen molar-refractivity contribution in [1.82, 2.24) is 15.6 Å². The van der Waals surface area contributed by atoms with Gasteiger partial charge < -0.3 is 10.6 Å². The first-order chi connectivity index (χ1) is 9.24. The third-order valence-electron chi connectivity index (χ3n) is 3.70. The maximum Gasteiger partial charge on any atom is 0.251 e. The van der Waals surface area contributed by atoms with Gasteiger partial charge in [-0.1, -0.05) is 6.92 Å². The van der Waals surface area contributed by atoms with Gasteiger partial charge in [0.25, 0.3) is 5.91 Å². The zero-order valence-corrected chi connectivity index (χ0v) is 14.1. The third-order valence-corrected chi connectivity index (χ3v) is 4.49. The second-order valence-electron chi connectivity index (χ2n) is 5.08. The van der Waals surface area contributed by atoms with E-state index in [0.717, 1.165) is 35.3 Å². The molecule has 21 heavy (non-hydrogen) atoms. The summed E-state index contributed by atoms with van der Waals surface area (Å²) >= 11 is 1.56. The SMILES string of the molecule is CC1CNCCC1NC(=O)c1ccc2ncsc2c1.Cl.Cl. The Balaban J connectivity index is 0.00000110. The number of rotatable bonds is 2. The summed E-state index contributed by atoms with van der Waals surface area (Å²) in [5.41, 5.74) is 3.49. The molecule has 2 N–H and O–H groups in total. The molecule has 1 saturated heterocycles. The summed E-state index contributed by atoms with van der Waals surface area (Å²) in [7, 11) is 0. The van der Waals surface area contributed by atoms with Crippen LogP contribution in [0.4, 0.5) is 0 Å². The molecule has 2 aromatic rings. The molecule has 4 nitrogen and oxygen atoms in total. The lowest BCUT2D eigenvalue weighted by Crippen LogP contribution is -2.48. The van der Waals surface area contributed by atoms with E-state index in [1.807, 2.05) is 18.2 Å². The molecule has 0 spiro atoms. The molecular formula is C14H19Cl2N3OS. The van der Waals surface area contributed by atoms with Gasteiger partial charge in [-0.3, -0.25) is 4.79 Å². The summed E-state index contributed by atoms with van der Waals surface area (Å²) in [6.45, 7) is 4.12. The fourth-order valence-corrected chi connectivity index (χ4v) is 3.19. The van der Waals surface area contributed by atoms with Crippen molar-refractivity contribution in [3.05, 3.63) is 29.3 Å². The standard InChI is InChI=1S/C14H17N3OS.2ClH/c1-9-7-15-5-4-11(9)17-14(18)10-2-3-12-13(6-10)19-8-16-12;;/h2-3,6,8-9,11,15H,4-5,7H2,1H3,(H,17,18);2*1H. The molecular weight excluding hydrogens is 329 g/mol. The summed E-state index contributed by atoms with van der Waals surface area (Å²) in [6, 6.07) is 5.95. The average molecular weight is 348 g/mol. The fraction of sp³-hybridized carbons (Fsp3) is 0.429. The lowest BCUT2D eigenvalue weighted by atomic mass is 9.95. The van der Waals surface area contributed by atoms with E-state index in [1.54, 1.807) is 16.8 Å². The van der Waals surface area contributed by atoms with Crippen LogP contribution in [0.1, 0.15) is 23.7 Å². The number of nitrogens with one attached hydrogen (secondary N) is 2. The number of fused-ring (bicyclic) bond motifs is 1. The normalized spacial score (nSPS) is 21.2. The van der Waals surface area contributed by atoms with Crippen LogP contribution in [0.2, 0.25) is 0 Å². The van der Waals surface area contributed by atoms with Crippen molar-refractivity contribution in [3.8, 4) is 0 Å². The van der Waals surface area contributed by atoms with E-state index in [4.69, 9.17) is 0 Å². The highest BCUT2D eigenvalue weighted by Gasteiger charge is 2.23. The van der Waals surface area contributed by atoms with Gasteiger partial charge in [-0.25, -0.2) is 4.98 Å². The first kappa shape index (κ1) is 18.2. The van der Waals surface area contributed by atoms with E-state index in [9.17, 15) is 4.79 Å². The average Bonchev–Trinajstić information content (AvgIpc) is 2.88. The van der Waals surface area contributed by atoms with Gasteiger partial charge in [-0.15, -0.1) is 36.2 Å². The molecule has 1 aliphatic heterocycles. The van der Waals surface area contributed by atoms with Crippen LogP contribution in [0.5, 0.6) is 0 Å². The Morgan fingerprint density at radius 1 is 1.43 bits per heavy atom. The zero-order chi connectivity index (χ0) is 13.2. The van der Waals surface area contributed by atoms with E-state index in [1.165, 1.54) is 0 Å². The molecule has 0 aliphatic carbocycles. The van der Waals surface area contributed by atoms with Crippen LogP contribution in [0.3, 0.4) is 0 Å². The van der Waals surface area contributed by atoms with Crippen molar-refractivity contribution >= 4 is 52.3 Å². The van der Waals surface area contributed by atoms with Gasteiger partial charge in [0, 0.05) is 11.6 Å². The van der Waals surface area contributed by atoms with E-state index in [2.05, 4.69) is 22.5 Å². The Hall–Kier alpha value is -0.880. The van der Waals surface area contributed by atoms with E-state index in [-0.39, 0.29) is 36.8 Å². The molecule has 2 atom stereocenters. The zero-order valence-electron chi connectivity index (χ0n) is 11.7. The Labute approximate surface area is 140 Å². The largest absolute Gasteiger partial charge is 0.349 e. The topological polar surface area (TPSA) is 54.0 Å². The van der Waals surface area contributed by atoms with E-state index in [0.29, 0.717) is 5.92 Å². The van der Waals surface area contributed by atoms with Crippen LogP contribution in [0, 0.1) is 5.92 Å². The van der Waals surface area contributed by atoms with Crippen LogP contribution in [0.15, 0.2) is 23.7 Å². The Bertz CT molecular complexity index is 605. The van der Waals surface area contributed by atoms with Crippen molar-refractivity contribution in [2.45, 2.75) is 19.4 Å². The molecule has 0 bridgehead atoms. The molecule has 0 saturated carbocycles. The number of carbonyl (C=O) groups is 1. The number of hydrogen-bond donors (Lipinski definition) is 2. The lowest BCUT2D eigenvalue weighted by molar-refractivity contribution is 0.0914. The predicted octanol–water partition coefficient (Wildman–Crippen LogP) is 2.87. The van der Waals surface area contributed by atoms with Gasteiger partial charge in [0.2, 0.25) is 0 Å². The number of nitrogens with zero attached hydrogens (tertiary/aromatic N) is 1. The number of aromatic nitrogens is 1. The number of thiazole rings is 1. The maximum atomic E-state index is 12.3. The molecule has 116 valence electrons. The van der Waals surface area contributed by atoms with Crippen LogP contribution in [-0.4, -0.2) is 30.0 Å². The predicted molar refractivity (Wildman–Crippen MR) is 92.0 cm³/mol. The monoisotopic (exact) mass is 347 g/mol. The highest BCUT2D eigenvalue weighted by molar-refractivity contribution is 7.16. The lowest BCUT2D eigenvalue weighted by Gasteiger charge is -2.30. The van der Waals surface area contributed by atoms with Crippen molar-refractivity contribution in [2.24, 2.45) is 5.92 Å². The van der Waals surface area contributed by atoms with Crippen molar-refractivity contribution < 1.29 is 4.79 Å². The number of hydrogen-bond acceptors (Lipinski definition) is 4. The number of halogens is 2. The van der Waals surface area contributed by atoms with Gasteiger partial charge in [-0.05, 0) is 43.6 Å². The molecule has 1 aromatic carbocycles. The highest BCUT2D eigenvalue weighted by atomic mass is 35.5. The van der Waals surface area contributed by atoms with Crippen LogP contribution < -0.4 is 10.6 Å². The molecule has 1 amide bonds. The van der Waals surface area contributed by atoms with Crippen molar-refractivity contribution in [1.29, 1.82) is 0 Å². The first-order valence-corrected chi connectivity index (χ1v) is 7.47. The molecule has 1 aliphatic rings. The molecule has 2 heterocycles. The van der Waals surface area contributed by atoms with Gasteiger partial charge in [0.15, 0.2) is 0 Å². The molecule has 7 heteroatoms. The number of benzene rings is 1. The minimum Gasteiger partial charge on any atom is -0.349 e.